The third-order valence-electron chi connectivity index (χ3n) is 3.91. The van der Waals surface area contributed by atoms with E-state index in [-0.39, 0.29) is 23.5 Å². The molecule has 2 N–H and O–H groups in total. The summed E-state index contributed by atoms with van der Waals surface area (Å²) in [6.45, 7) is 2.05. The molecular weight excluding hydrogens is 358 g/mol. The minimum Gasteiger partial charge on any atom is -0.336 e. The number of aromatic amines is 1. The zero-order valence-electron chi connectivity index (χ0n) is 14.7. The van der Waals surface area contributed by atoms with E-state index in [1.807, 2.05) is 0 Å². The monoisotopic (exact) mass is 377 g/mol. The number of H-pyrrole nitrogens is 1. The van der Waals surface area contributed by atoms with Crippen LogP contribution in [0.15, 0.2) is 9.59 Å². The summed E-state index contributed by atoms with van der Waals surface area (Å²) < 4.78 is 2.31. The molecule has 138 valence electrons. The van der Waals surface area contributed by atoms with E-state index in [0.717, 1.165) is 22.4 Å². The second-order valence-corrected chi connectivity index (χ2v) is 6.95. The van der Waals surface area contributed by atoms with Gasteiger partial charge in [-0.15, -0.1) is 10.2 Å². The largest absolute Gasteiger partial charge is 0.336 e. The second kappa shape index (κ2) is 7.20. The van der Waals surface area contributed by atoms with Crippen LogP contribution in [0, 0.1) is 0 Å². The van der Waals surface area contributed by atoms with Gasteiger partial charge >= 0.3 is 5.69 Å². The van der Waals surface area contributed by atoms with Crippen molar-refractivity contribution >= 4 is 33.5 Å². The van der Waals surface area contributed by atoms with E-state index >= 15 is 0 Å². The average Bonchev–Trinajstić information content (AvgIpc) is 3.24. The van der Waals surface area contributed by atoms with Gasteiger partial charge in [-0.2, -0.15) is 0 Å². The number of nitrogens with zero attached hydrogens (tertiary/aromatic N) is 5. The van der Waals surface area contributed by atoms with E-state index in [4.69, 9.17) is 0 Å². The second-order valence-electron chi connectivity index (χ2n) is 5.89. The number of carbonyl (C=O) groups excluding carboxylic acids is 1. The number of aromatic nitrogens is 6. The minimum atomic E-state index is -0.447. The SMILES string of the molecule is CCCc1nnc(NC(=O)CCc2nc3c([nH]2)c(=O)n(C)c(=O)n3C)s1. The fourth-order valence-electron chi connectivity index (χ4n) is 2.52. The van der Waals surface area contributed by atoms with Gasteiger partial charge in [-0.3, -0.25) is 18.7 Å². The summed E-state index contributed by atoms with van der Waals surface area (Å²) in [5, 5.41) is 12.0. The Kier molecular flexibility index (Phi) is 4.98. The molecule has 10 nitrogen and oxygen atoms in total. The lowest BCUT2D eigenvalue weighted by molar-refractivity contribution is -0.116. The molecule has 3 heterocycles. The maximum Gasteiger partial charge on any atom is 0.332 e. The van der Waals surface area contributed by atoms with Crippen LogP contribution in [0.4, 0.5) is 5.13 Å². The molecule has 0 aliphatic rings. The van der Waals surface area contributed by atoms with Crippen LogP contribution < -0.4 is 16.6 Å². The first-order chi connectivity index (χ1) is 12.4. The number of anilines is 1. The molecule has 3 aromatic heterocycles. The van der Waals surface area contributed by atoms with Crippen molar-refractivity contribution < 1.29 is 4.79 Å². The van der Waals surface area contributed by atoms with E-state index in [2.05, 4.69) is 32.4 Å². The smallest absolute Gasteiger partial charge is 0.332 e. The van der Waals surface area contributed by atoms with Gasteiger partial charge in [0, 0.05) is 33.4 Å². The minimum absolute atomic E-state index is 0.163. The predicted molar refractivity (Wildman–Crippen MR) is 97.4 cm³/mol. The summed E-state index contributed by atoms with van der Waals surface area (Å²) in [6, 6.07) is 0. The van der Waals surface area contributed by atoms with Gasteiger partial charge in [0.15, 0.2) is 5.65 Å². The molecule has 0 saturated carbocycles. The Morgan fingerprint density at radius 2 is 1.96 bits per heavy atom. The number of hydrogen-bond acceptors (Lipinski definition) is 7. The lowest BCUT2D eigenvalue weighted by Gasteiger charge is -2.00. The number of amides is 1. The fraction of sp³-hybridized carbons (Fsp3) is 0.467. The van der Waals surface area contributed by atoms with Crippen molar-refractivity contribution in [3.63, 3.8) is 0 Å². The number of fused-ring (bicyclic) bond motifs is 1. The van der Waals surface area contributed by atoms with E-state index in [0.29, 0.717) is 17.4 Å². The van der Waals surface area contributed by atoms with Gasteiger partial charge in [-0.1, -0.05) is 18.3 Å². The predicted octanol–water partition coefficient (Wildman–Crippen LogP) is 0.336. The molecular formula is C15H19N7O3S. The third kappa shape index (κ3) is 3.43. The summed E-state index contributed by atoms with van der Waals surface area (Å²) in [4.78, 5) is 43.3. The molecule has 0 aliphatic carbocycles. The van der Waals surface area contributed by atoms with Crippen LogP contribution in [0.1, 0.15) is 30.6 Å². The highest BCUT2D eigenvalue weighted by atomic mass is 32.1. The van der Waals surface area contributed by atoms with E-state index in [1.165, 1.54) is 23.0 Å². The third-order valence-corrected chi connectivity index (χ3v) is 4.81. The number of carbonyl (C=O) groups is 1. The fourth-order valence-corrected chi connectivity index (χ4v) is 3.38. The molecule has 0 fully saturated rings. The highest BCUT2D eigenvalue weighted by molar-refractivity contribution is 7.15. The molecule has 0 spiro atoms. The van der Waals surface area contributed by atoms with Crippen LogP contribution in [-0.2, 0) is 31.7 Å². The number of nitrogens with one attached hydrogen (secondary N) is 2. The normalized spacial score (nSPS) is 11.2. The molecule has 0 bridgehead atoms. The molecule has 3 aromatic rings. The van der Waals surface area contributed by atoms with Crippen molar-refractivity contribution in [2.75, 3.05) is 5.32 Å². The number of hydrogen-bond donors (Lipinski definition) is 2. The molecule has 11 heteroatoms. The summed E-state index contributed by atoms with van der Waals surface area (Å²) in [6.07, 6.45) is 2.27. The summed E-state index contributed by atoms with van der Waals surface area (Å²) in [5.74, 6) is 0.254. The molecule has 0 atom stereocenters. The van der Waals surface area contributed by atoms with Crippen LogP contribution in [0.25, 0.3) is 11.2 Å². The van der Waals surface area contributed by atoms with Crippen molar-refractivity contribution in [1.29, 1.82) is 0 Å². The van der Waals surface area contributed by atoms with Crippen molar-refractivity contribution in [1.82, 2.24) is 29.3 Å². The Morgan fingerprint density at radius 3 is 2.69 bits per heavy atom. The Balaban J connectivity index is 1.70. The van der Waals surface area contributed by atoms with Crippen LogP contribution in [0.3, 0.4) is 0 Å². The topological polar surface area (TPSA) is 128 Å². The first-order valence-corrected chi connectivity index (χ1v) is 8.99. The highest BCUT2D eigenvalue weighted by Gasteiger charge is 2.14. The molecule has 0 saturated heterocycles. The summed E-state index contributed by atoms with van der Waals surface area (Å²) in [5.41, 5.74) is -0.360. The quantitative estimate of drug-likeness (QED) is 0.637. The van der Waals surface area contributed by atoms with Crippen LogP contribution in [0.5, 0.6) is 0 Å². The highest BCUT2D eigenvalue weighted by Crippen LogP contribution is 2.17. The molecule has 0 unspecified atom stereocenters. The molecule has 0 aromatic carbocycles. The summed E-state index contributed by atoms with van der Waals surface area (Å²) >= 11 is 1.36. The van der Waals surface area contributed by atoms with Crippen molar-refractivity contribution in [3.8, 4) is 0 Å². The van der Waals surface area contributed by atoms with Gasteiger partial charge in [-0.25, -0.2) is 9.78 Å². The number of aryl methyl sites for hydroxylation is 3. The van der Waals surface area contributed by atoms with Gasteiger partial charge in [0.2, 0.25) is 11.0 Å². The lowest BCUT2D eigenvalue weighted by atomic mass is 10.3. The van der Waals surface area contributed by atoms with E-state index < -0.39 is 11.2 Å². The van der Waals surface area contributed by atoms with Gasteiger partial charge in [0.1, 0.15) is 16.3 Å². The molecule has 1 amide bonds. The van der Waals surface area contributed by atoms with Gasteiger partial charge in [-0.05, 0) is 6.42 Å². The van der Waals surface area contributed by atoms with E-state index in [1.54, 1.807) is 7.05 Å². The van der Waals surface area contributed by atoms with Gasteiger partial charge < -0.3 is 10.3 Å². The Labute approximate surface area is 151 Å². The Hall–Kier alpha value is -2.82. The first kappa shape index (κ1) is 18.0. The molecule has 3 rings (SSSR count). The maximum atomic E-state index is 12.1. The molecule has 26 heavy (non-hydrogen) atoms. The number of imidazole rings is 1. The molecule has 0 radical (unpaired) electrons. The maximum absolute atomic E-state index is 12.1. The zero-order chi connectivity index (χ0) is 18.8. The zero-order valence-corrected chi connectivity index (χ0v) is 15.5. The van der Waals surface area contributed by atoms with Crippen molar-refractivity contribution in [2.45, 2.75) is 32.6 Å². The van der Waals surface area contributed by atoms with Crippen LogP contribution >= 0.6 is 11.3 Å². The summed E-state index contributed by atoms with van der Waals surface area (Å²) in [7, 11) is 2.96. The first-order valence-electron chi connectivity index (χ1n) is 8.17. The standard InChI is InChI=1S/C15H19N7O3S/c1-4-5-10-19-20-14(26-10)18-9(23)7-6-8-16-11-12(17-8)21(2)15(25)22(3)13(11)24/h4-7H2,1-3H3,(H,16,17)(H,18,20,23). The average molecular weight is 377 g/mol. The Bertz CT molecular complexity index is 1080. The van der Waals surface area contributed by atoms with Gasteiger partial charge in [0.25, 0.3) is 5.56 Å². The van der Waals surface area contributed by atoms with E-state index in [9.17, 15) is 14.4 Å². The Morgan fingerprint density at radius 1 is 1.19 bits per heavy atom. The lowest BCUT2D eigenvalue weighted by Crippen LogP contribution is -2.36. The van der Waals surface area contributed by atoms with Gasteiger partial charge in [0.05, 0.1) is 0 Å². The molecule has 0 aliphatic heterocycles. The van der Waals surface area contributed by atoms with Crippen molar-refractivity contribution in [2.24, 2.45) is 14.1 Å². The number of rotatable bonds is 6. The van der Waals surface area contributed by atoms with Crippen LogP contribution in [-0.4, -0.2) is 35.2 Å². The van der Waals surface area contributed by atoms with Crippen molar-refractivity contribution in [3.05, 3.63) is 31.7 Å². The van der Waals surface area contributed by atoms with Crippen LogP contribution in [0.2, 0.25) is 0 Å².